The quantitative estimate of drug-likeness (QED) is 0.598. The van der Waals surface area contributed by atoms with Gasteiger partial charge in [0, 0.05) is 0 Å². The van der Waals surface area contributed by atoms with Crippen molar-refractivity contribution >= 4 is 0 Å². The molecule has 1 heterocycles. The zero-order valence-electron chi connectivity index (χ0n) is 11.4. The number of nitrogens with one attached hydrogen (secondary N) is 1. The van der Waals surface area contributed by atoms with E-state index in [1.54, 1.807) is 6.26 Å². The van der Waals surface area contributed by atoms with E-state index in [2.05, 4.69) is 25.2 Å². The summed E-state index contributed by atoms with van der Waals surface area (Å²) in [5.41, 5.74) is 0. The van der Waals surface area contributed by atoms with Gasteiger partial charge in [-0.05, 0) is 31.5 Å². The van der Waals surface area contributed by atoms with Gasteiger partial charge >= 0.3 is 0 Å². The lowest BCUT2D eigenvalue weighted by Crippen LogP contribution is -2.21. The summed E-state index contributed by atoms with van der Waals surface area (Å²) in [6, 6.07) is 4.47. The zero-order valence-corrected chi connectivity index (χ0v) is 11.4. The van der Waals surface area contributed by atoms with E-state index >= 15 is 0 Å². The number of furan rings is 1. The molecule has 17 heavy (non-hydrogen) atoms. The smallest absolute Gasteiger partial charge is 0.120 e. The number of unbranched alkanes of at least 4 members (excludes halogenated alkanes) is 4. The molecule has 0 amide bonds. The molecule has 0 aromatic carbocycles. The van der Waals surface area contributed by atoms with Gasteiger partial charge in [-0.15, -0.1) is 0 Å². The first-order valence-electron chi connectivity index (χ1n) is 7.15. The highest BCUT2D eigenvalue weighted by atomic mass is 16.3. The van der Waals surface area contributed by atoms with Crippen LogP contribution in [0.4, 0.5) is 0 Å². The molecule has 1 rings (SSSR count). The Balaban J connectivity index is 2.26. The molecule has 2 heteroatoms. The second kappa shape index (κ2) is 9.29. The van der Waals surface area contributed by atoms with E-state index in [1.807, 2.05) is 6.07 Å². The maximum absolute atomic E-state index is 5.51. The van der Waals surface area contributed by atoms with Crippen molar-refractivity contribution in [1.29, 1.82) is 0 Å². The van der Waals surface area contributed by atoms with Crippen molar-refractivity contribution in [2.75, 3.05) is 6.54 Å². The van der Waals surface area contributed by atoms with Crippen molar-refractivity contribution in [3.63, 3.8) is 0 Å². The molecule has 1 aromatic heterocycles. The maximum atomic E-state index is 5.51. The molecule has 98 valence electrons. The van der Waals surface area contributed by atoms with Gasteiger partial charge in [0.1, 0.15) is 5.76 Å². The molecular formula is C15H27NO. The fraction of sp³-hybridized carbons (Fsp3) is 0.733. The van der Waals surface area contributed by atoms with E-state index in [4.69, 9.17) is 4.42 Å². The Labute approximate surface area is 106 Å². The van der Waals surface area contributed by atoms with E-state index in [1.165, 1.54) is 44.9 Å². The number of hydrogen-bond donors (Lipinski definition) is 1. The van der Waals surface area contributed by atoms with Gasteiger partial charge in [-0.2, -0.15) is 0 Å². The Morgan fingerprint density at radius 3 is 2.59 bits per heavy atom. The first kappa shape index (κ1) is 14.3. The molecule has 0 aliphatic carbocycles. The van der Waals surface area contributed by atoms with E-state index in [0.29, 0.717) is 6.04 Å². The van der Waals surface area contributed by atoms with E-state index < -0.39 is 0 Å². The minimum atomic E-state index is 0.409. The highest BCUT2D eigenvalue weighted by Gasteiger charge is 2.12. The fourth-order valence-corrected chi connectivity index (χ4v) is 2.11. The molecule has 1 atom stereocenters. The van der Waals surface area contributed by atoms with Gasteiger partial charge in [0.15, 0.2) is 0 Å². The van der Waals surface area contributed by atoms with Gasteiger partial charge in [0.05, 0.1) is 12.3 Å². The van der Waals surface area contributed by atoms with Crippen LogP contribution < -0.4 is 5.32 Å². The van der Waals surface area contributed by atoms with Gasteiger partial charge in [-0.25, -0.2) is 0 Å². The van der Waals surface area contributed by atoms with E-state index in [9.17, 15) is 0 Å². The average molecular weight is 237 g/mol. The summed E-state index contributed by atoms with van der Waals surface area (Å²) in [6.45, 7) is 5.53. The van der Waals surface area contributed by atoms with Gasteiger partial charge in [0.2, 0.25) is 0 Å². The molecule has 0 aliphatic heterocycles. The number of rotatable bonds is 10. The van der Waals surface area contributed by atoms with Crippen molar-refractivity contribution in [1.82, 2.24) is 5.32 Å². The van der Waals surface area contributed by atoms with Crippen LogP contribution >= 0.6 is 0 Å². The highest BCUT2D eigenvalue weighted by Crippen LogP contribution is 2.20. The predicted octanol–water partition coefficient (Wildman–Crippen LogP) is 4.68. The highest BCUT2D eigenvalue weighted by molar-refractivity contribution is 5.04. The molecule has 1 aromatic rings. The first-order valence-corrected chi connectivity index (χ1v) is 7.15. The summed E-state index contributed by atoms with van der Waals surface area (Å²) in [4.78, 5) is 0. The lowest BCUT2D eigenvalue weighted by molar-refractivity contribution is 0.384. The second-order valence-corrected chi connectivity index (χ2v) is 4.73. The molecule has 0 spiro atoms. The fourth-order valence-electron chi connectivity index (χ4n) is 2.11. The van der Waals surface area contributed by atoms with E-state index in [-0.39, 0.29) is 0 Å². The molecule has 1 unspecified atom stereocenters. The lowest BCUT2D eigenvalue weighted by Gasteiger charge is -2.16. The molecule has 0 fully saturated rings. The Hall–Kier alpha value is -0.760. The van der Waals surface area contributed by atoms with Gasteiger partial charge < -0.3 is 9.73 Å². The van der Waals surface area contributed by atoms with Crippen LogP contribution in [0.5, 0.6) is 0 Å². The molecule has 0 saturated heterocycles. The molecule has 0 bridgehead atoms. The maximum Gasteiger partial charge on any atom is 0.120 e. The van der Waals surface area contributed by atoms with Crippen molar-refractivity contribution in [2.24, 2.45) is 0 Å². The summed E-state index contributed by atoms with van der Waals surface area (Å²) in [5, 5.41) is 3.57. The molecule has 2 nitrogen and oxygen atoms in total. The minimum absolute atomic E-state index is 0.409. The predicted molar refractivity (Wildman–Crippen MR) is 73.1 cm³/mol. The second-order valence-electron chi connectivity index (χ2n) is 4.73. The van der Waals surface area contributed by atoms with Crippen LogP contribution in [0, 0.1) is 0 Å². The molecule has 1 N–H and O–H groups in total. The summed E-state index contributed by atoms with van der Waals surface area (Å²) in [7, 11) is 0. The average Bonchev–Trinajstić information content (AvgIpc) is 2.86. The third-order valence-corrected chi connectivity index (χ3v) is 3.12. The number of hydrogen-bond acceptors (Lipinski definition) is 2. The van der Waals surface area contributed by atoms with Crippen LogP contribution in [0.15, 0.2) is 22.8 Å². The van der Waals surface area contributed by atoms with Crippen molar-refractivity contribution in [3.8, 4) is 0 Å². The Morgan fingerprint density at radius 1 is 1.12 bits per heavy atom. The van der Waals surface area contributed by atoms with Crippen LogP contribution in [0.3, 0.4) is 0 Å². The monoisotopic (exact) mass is 237 g/mol. The molecule has 0 aliphatic rings. The summed E-state index contributed by atoms with van der Waals surface area (Å²) in [5.74, 6) is 1.09. The summed E-state index contributed by atoms with van der Waals surface area (Å²) in [6.07, 6.45) is 10.8. The van der Waals surface area contributed by atoms with Gasteiger partial charge in [-0.1, -0.05) is 46.0 Å². The Bertz CT molecular complexity index is 256. The summed E-state index contributed by atoms with van der Waals surface area (Å²) < 4.78 is 5.51. The Kier molecular flexibility index (Phi) is 7.81. The molecule has 0 saturated carbocycles. The third-order valence-electron chi connectivity index (χ3n) is 3.12. The lowest BCUT2D eigenvalue weighted by atomic mass is 10.0. The normalized spacial score (nSPS) is 12.8. The van der Waals surface area contributed by atoms with Crippen LogP contribution in [0.25, 0.3) is 0 Å². The molecule has 0 radical (unpaired) electrons. The zero-order chi connectivity index (χ0) is 12.3. The third kappa shape index (κ3) is 5.92. The van der Waals surface area contributed by atoms with Crippen LogP contribution in [0.1, 0.15) is 70.6 Å². The standard InChI is InChI=1S/C15H27NO/c1-3-5-6-7-8-10-14(16-12-4-2)15-11-9-13-17-15/h9,11,13-14,16H,3-8,10,12H2,1-2H3. The van der Waals surface area contributed by atoms with Crippen LogP contribution in [-0.2, 0) is 0 Å². The summed E-state index contributed by atoms with van der Waals surface area (Å²) >= 11 is 0. The minimum Gasteiger partial charge on any atom is -0.468 e. The van der Waals surface area contributed by atoms with E-state index in [0.717, 1.165) is 12.3 Å². The Morgan fingerprint density at radius 2 is 1.94 bits per heavy atom. The first-order chi connectivity index (χ1) is 8.38. The van der Waals surface area contributed by atoms with Gasteiger partial charge in [-0.3, -0.25) is 0 Å². The van der Waals surface area contributed by atoms with Crippen LogP contribution in [-0.4, -0.2) is 6.54 Å². The van der Waals surface area contributed by atoms with Crippen molar-refractivity contribution in [2.45, 2.75) is 64.8 Å². The largest absolute Gasteiger partial charge is 0.468 e. The van der Waals surface area contributed by atoms with Gasteiger partial charge in [0.25, 0.3) is 0 Å². The van der Waals surface area contributed by atoms with Crippen molar-refractivity contribution < 1.29 is 4.42 Å². The molecular weight excluding hydrogens is 210 g/mol. The van der Waals surface area contributed by atoms with Crippen LogP contribution in [0.2, 0.25) is 0 Å². The topological polar surface area (TPSA) is 25.2 Å². The SMILES string of the molecule is CCCCCCCC(NCCC)c1ccco1. The van der Waals surface area contributed by atoms with Crippen molar-refractivity contribution in [3.05, 3.63) is 24.2 Å².